The fourth-order valence-electron chi connectivity index (χ4n) is 2.18. The molecule has 25 heavy (non-hydrogen) atoms. The van der Waals surface area contributed by atoms with E-state index in [1.54, 1.807) is 43.3 Å². The highest BCUT2D eigenvalue weighted by molar-refractivity contribution is 7.91. The zero-order valence-electron chi connectivity index (χ0n) is 14.0. The van der Waals surface area contributed by atoms with E-state index in [0.717, 1.165) is 5.56 Å². The number of sulfone groups is 1. The van der Waals surface area contributed by atoms with E-state index in [0.29, 0.717) is 10.6 Å². The molecule has 0 spiro atoms. The maximum atomic E-state index is 12.6. The number of carbonyl (C=O) groups excluding carboxylic acids is 1. The lowest BCUT2D eigenvalue weighted by atomic mass is 10.1. The molecule has 4 nitrogen and oxygen atoms in total. The lowest BCUT2D eigenvalue weighted by molar-refractivity contribution is -0.138. The molecule has 0 N–H and O–H groups in total. The SMILES string of the molecule is CCOC(=O)/C(=C\c1ccc(Cl)cc1)CS(=O)(=O)c1ccc(C)cc1. The number of carbonyl (C=O) groups is 1. The molecule has 2 aromatic rings. The van der Waals surface area contributed by atoms with Gasteiger partial charge in [-0.25, -0.2) is 13.2 Å². The van der Waals surface area contributed by atoms with Gasteiger partial charge in [0.25, 0.3) is 0 Å². The molecule has 2 rings (SSSR count). The first kappa shape index (κ1) is 19.2. The average molecular weight is 379 g/mol. The Labute approximate surface area is 153 Å². The molecule has 0 aromatic heterocycles. The van der Waals surface area contributed by atoms with Gasteiger partial charge in [0.2, 0.25) is 0 Å². The molecule has 2 aromatic carbocycles. The largest absolute Gasteiger partial charge is 0.463 e. The summed E-state index contributed by atoms with van der Waals surface area (Å²) < 4.78 is 30.3. The molecule has 0 bridgehead atoms. The quantitative estimate of drug-likeness (QED) is 0.561. The summed E-state index contributed by atoms with van der Waals surface area (Å²) in [5.74, 6) is -1.08. The molecule has 0 amide bonds. The maximum Gasteiger partial charge on any atom is 0.335 e. The van der Waals surface area contributed by atoms with Crippen molar-refractivity contribution in [3.05, 3.63) is 70.3 Å². The predicted molar refractivity (Wildman–Crippen MR) is 99.3 cm³/mol. The Balaban J connectivity index is 2.37. The number of ether oxygens (including phenoxy) is 1. The summed E-state index contributed by atoms with van der Waals surface area (Å²) in [6, 6.07) is 13.3. The summed E-state index contributed by atoms with van der Waals surface area (Å²) in [5.41, 5.74) is 1.71. The van der Waals surface area contributed by atoms with Crippen LogP contribution in [0.3, 0.4) is 0 Å². The van der Waals surface area contributed by atoms with Gasteiger partial charge < -0.3 is 4.74 Å². The van der Waals surface area contributed by atoms with Crippen LogP contribution in [0.2, 0.25) is 5.02 Å². The predicted octanol–water partition coefficient (Wildman–Crippen LogP) is 4.07. The van der Waals surface area contributed by atoms with Crippen LogP contribution in [0.15, 0.2) is 59.0 Å². The molecule has 0 heterocycles. The first-order valence-electron chi connectivity index (χ1n) is 7.74. The number of rotatable bonds is 6. The van der Waals surface area contributed by atoms with Crippen molar-refractivity contribution >= 4 is 33.5 Å². The maximum absolute atomic E-state index is 12.6. The first-order valence-corrected chi connectivity index (χ1v) is 9.77. The van der Waals surface area contributed by atoms with Crippen molar-refractivity contribution in [3.8, 4) is 0 Å². The van der Waals surface area contributed by atoms with Gasteiger partial charge in [-0.3, -0.25) is 0 Å². The van der Waals surface area contributed by atoms with Crippen LogP contribution < -0.4 is 0 Å². The van der Waals surface area contributed by atoms with Gasteiger partial charge in [0.05, 0.1) is 22.8 Å². The first-order chi connectivity index (χ1) is 11.8. The van der Waals surface area contributed by atoms with E-state index in [2.05, 4.69) is 0 Å². The third-order valence-electron chi connectivity index (χ3n) is 3.47. The van der Waals surface area contributed by atoms with Crippen LogP contribution >= 0.6 is 11.6 Å². The van der Waals surface area contributed by atoms with E-state index in [9.17, 15) is 13.2 Å². The van der Waals surface area contributed by atoms with Gasteiger partial charge >= 0.3 is 5.97 Å². The molecule has 0 saturated carbocycles. The minimum Gasteiger partial charge on any atom is -0.463 e. The highest BCUT2D eigenvalue weighted by atomic mass is 35.5. The van der Waals surface area contributed by atoms with E-state index >= 15 is 0 Å². The van der Waals surface area contributed by atoms with Gasteiger partial charge in [0.1, 0.15) is 0 Å². The van der Waals surface area contributed by atoms with Crippen molar-refractivity contribution in [2.24, 2.45) is 0 Å². The normalized spacial score (nSPS) is 12.0. The lowest BCUT2D eigenvalue weighted by Gasteiger charge is -2.09. The molecular formula is C19H19ClO4S. The van der Waals surface area contributed by atoms with E-state index < -0.39 is 21.6 Å². The molecule has 132 valence electrons. The highest BCUT2D eigenvalue weighted by Gasteiger charge is 2.22. The standard InChI is InChI=1S/C19H19ClO4S/c1-3-24-19(21)16(12-15-6-8-17(20)9-7-15)13-25(22,23)18-10-4-14(2)5-11-18/h4-12H,3,13H2,1-2H3/b16-12-. The Bertz CT molecular complexity index is 867. The van der Waals surface area contributed by atoms with E-state index in [-0.39, 0.29) is 17.1 Å². The van der Waals surface area contributed by atoms with Crippen LogP contribution in [0.4, 0.5) is 0 Å². The van der Waals surface area contributed by atoms with Crippen molar-refractivity contribution in [2.75, 3.05) is 12.4 Å². The third kappa shape index (κ3) is 5.44. The Morgan fingerprint density at radius 2 is 1.68 bits per heavy atom. The van der Waals surface area contributed by atoms with Crippen LogP contribution in [0, 0.1) is 6.92 Å². The molecule has 0 aliphatic heterocycles. The lowest BCUT2D eigenvalue weighted by Crippen LogP contribution is -2.17. The second kappa shape index (κ2) is 8.32. The second-order valence-corrected chi connectivity index (χ2v) is 7.94. The van der Waals surface area contributed by atoms with Gasteiger partial charge in [-0.1, -0.05) is 41.4 Å². The van der Waals surface area contributed by atoms with Crippen LogP contribution in [0.1, 0.15) is 18.1 Å². The average Bonchev–Trinajstić information content (AvgIpc) is 2.56. The fourth-order valence-corrected chi connectivity index (χ4v) is 3.63. The molecular weight excluding hydrogens is 360 g/mol. The number of benzene rings is 2. The molecule has 0 aliphatic carbocycles. The van der Waals surface area contributed by atoms with E-state index in [1.165, 1.54) is 18.2 Å². The number of esters is 1. The van der Waals surface area contributed by atoms with Crippen LogP contribution in [0.25, 0.3) is 6.08 Å². The van der Waals surface area contributed by atoms with Gasteiger partial charge in [-0.15, -0.1) is 0 Å². The van der Waals surface area contributed by atoms with Crippen LogP contribution in [0.5, 0.6) is 0 Å². The molecule has 0 fully saturated rings. The molecule has 0 atom stereocenters. The number of halogens is 1. The summed E-state index contributed by atoms with van der Waals surface area (Å²) in [6.07, 6.45) is 1.51. The second-order valence-electron chi connectivity index (χ2n) is 5.51. The Morgan fingerprint density at radius 1 is 1.08 bits per heavy atom. The topological polar surface area (TPSA) is 60.4 Å². The van der Waals surface area contributed by atoms with Crippen molar-refractivity contribution in [1.29, 1.82) is 0 Å². The molecule has 0 radical (unpaired) electrons. The van der Waals surface area contributed by atoms with Crippen molar-refractivity contribution < 1.29 is 17.9 Å². The minimum absolute atomic E-state index is 0.0738. The number of hydrogen-bond donors (Lipinski definition) is 0. The summed E-state index contributed by atoms with van der Waals surface area (Å²) in [7, 11) is -3.66. The minimum atomic E-state index is -3.66. The molecule has 0 aliphatic rings. The summed E-state index contributed by atoms with van der Waals surface area (Å²) >= 11 is 5.85. The fraction of sp³-hybridized carbons (Fsp3) is 0.211. The third-order valence-corrected chi connectivity index (χ3v) is 5.41. The van der Waals surface area contributed by atoms with E-state index in [1.807, 2.05) is 6.92 Å². The summed E-state index contributed by atoms with van der Waals surface area (Å²) in [5, 5.41) is 0.558. The van der Waals surface area contributed by atoms with Crippen molar-refractivity contribution in [3.63, 3.8) is 0 Å². The highest BCUT2D eigenvalue weighted by Crippen LogP contribution is 2.19. The zero-order chi connectivity index (χ0) is 18.4. The van der Waals surface area contributed by atoms with Gasteiger partial charge in [-0.2, -0.15) is 0 Å². The molecule has 0 unspecified atom stereocenters. The number of aryl methyl sites for hydroxylation is 1. The van der Waals surface area contributed by atoms with E-state index in [4.69, 9.17) is 16.3 Å². The van der Waals surface area contributed by atoms with Crippen molar-refractivity contribution in [2.45, 2.75) is 18.7 Å². The molecule has 0 saturated heterocycles. The van der Waals surface area contributed by atoms with Gasteiger partial charge in [0, 0.05) is 5.02 Å². The van der Waals surface area contributed by atoms with Crippen LogP contribution in [-0.4, -0.2) is 26.7 Å². The summed E-state index contributed by atoms with van der Waals surface area (Å²) in [6.45, 7) is 3.72. The van der Waals surface area contributed by atoms with Crippen LogP contribution in [-0.2, 0) is 19.4 Å². The summed E-state index contributed by atoms with van der Waals surface area (Å²) in [4.78, 5) is 12.4. The Morgan fingerprint density at radius 3 is 2.24 bits per heavy atom. The molecule has 6 heteroatoms. The monoisotopic (exact) mass is 378 g/mol. The number of hydrogen-bond acceptors (Lipinski definition) is 4. The van der Waals surface area contributed by atoms with Gasteiger partial charge in [0.15, 0.2) is 9.84 Å². The smallest absolute Gasteiger partial charge is 0.335 e. The van der Waals surface area contributed by atoms with Crippen molar-refractivity contribution in [1.82, 2.24) is 0 Å². The zero-order valence-corrected chi connectivity index (χ0v) is 15.6. The Hall–Kier alpha value is -2.11. The van der Waals surface area contributed by atoms with Gasteiger partial charge in [-0.05, 0) is 49.8 Å². The Kier molecular flexibility index (Phi) is 6.39.